The predicted molar refractivity (Wildman–Crippen MR) is 49.2 cm³/mol. The summed E-state index contributed by atoms with van der Waals surface area (Å²) in [5, 5.41) is 0. The van der Waals surface area contributed by atoms with Gasteiger partial charge >= 0.3 is 0 Å². The Hall–Kier alpha value is -1.25. The van der Waals surface area contributed by atoms with Gasteiger partial charge in [0.15, 0.2) is 0 Å². The zero-order chi connectivity index (χ0) is 9.64. The quantitative estimate of drug-likeness (QED) is 0.622. The van der Waals surface area contributed by atoms with E-state index in [0.717, 1.165) is 12.0 Å². The van der Waals surface area contributed by atoms with Gasteiger partial charge in [0.1, 0.15) is 22.9 Å². The molecule has 3 heteroatoms. The zero-order valence-electron chi connectivity index (χ0n) is 7.73. The molecule has 0 radical (unpaired) electrons. The largest absolute Gasteiger partial charge is 0.485 e. The zero-order valence-corrected chi connectivity index (χ0v) is 7.73. The SMILES string of the molecule is CC1(C)Cc2ccc(F)c(N)c2O1. The summed E-state index contributed by atoms with van der Waals surface area (Å²) in [6.45, 7) is 3.93. The Morgan fingerprint density at radius 3 is 2.85 bits per heavy atom. The van der Waals surface area contributed by atoms with E-state index in [1.807, 2.05) is 13.8 Å². The standard InChI is InChI=1S/C10H12FNO/c1-10(2)5-6-3-4-7(11)8(12)9(6)13-10/h3-4H,5,12H2,1-2H3. The van der Waals surface area contributed by atoms with Gasteiger partial charge < -0.3 is 10.5 Å². The van der Waals surface area contributed by atoms with Crippen LogP contribution in [0.1, 0.15) is 19.4 Å². The fourth-order valence-electron chi connectivity index (χ4n) is 1.65. The Bertz CT molecular complexity index is 360. The number of hydrogen-bond acceptors (Lipinski definition) is 2. The van der Waals surface area contributed by atoms with Crippen LogP contribution in [0, 0.1) is 5.82 Å². The van der Waals surface area contributed by atoms with E-state index in [9.17, 15) is 4.39 Å². The van der Waals surface area contributed by atoms with E-state index in [1.165, 1.54) is 6.07 Å². The van der Waals surface area contributed by atoms with Gasteiger partial charge in [0.05, 0.1) is 0 Å². The fourth-order valence-corrected chi connectivity index (χ4v) is 1.65. The third-order valence-corrected chi connectivity index (χ3v) is 2.22. The first-order valence-electron chi connectivity index (χ1n) is 4.25. The Morgan fingerprint density at radius 1 is 1.46 bits per heavy atom. The Kier molecular flexibility index (Phi) is 1.53. The number of ether oxygens (including phenoxy) is 1. The van der Waals surface area contributed by atoms with Crippen LogP contribution in [0.15, 0.2) is 12.1 Å². The second kappa shape index (κ2) is 2.37. The summed E-state index contributed by atoms with van der Waals surface area (Å²) < 4.78 is 18.6. The van der Waals surface area contributed by atoms with Crippen molar-refractivity contribution in [3.05, 3.63) is 23.5 Å². The summed E-state index contributed by atoms with van der Waals surface area (Å²) in [6, 6.07) is 3.12. The van der Waals surface area contributed by atoms with E-state index in [-0.39, 0.29) is 11.3 Å². The third kappa shape index (κ3) is 1.24. The van der Waals surface area contributed by atoms with Gasteiger partial charge in [0.25, 0.3) is 0 Å². The minimum atomic E-state index is -0.406. The molecule has 2 rings (SSSR count). The van der Waals surface area contributed by atoms with Crippen molar-refractivity contribution in [1.29, 1.82) is 0 Å². The molecule has 0 fully saturated rings. The summed E-state index contributed by atoms with van der Waals surface area (Å²) >= 11 is 0. The minimum absolute atomic E-state index is 0.128. The molecule has 0 saturated heterocycles. The highest BCUT2D eigenvalue weighted by Crippen LogP contribution is 2.40. The number of halogens is 1. The molecule has 0 bridgehead atoms. The molecular formula is C10H12FNO. The fraction of sp³-hybridized carbons (Fsp3) is 0.400. The maximum Gasteiger partial charge on any atom is 0.149 e. The molecule has 0 atom stereocenters. The Morgan fingerprint density at radius 2 is 2.15 bits per heavy atom. The van der Waals surface area contributed by atoms with Crippen LogP contribution in [-0.2, 0) is 6.42 Å². The van der Waals surface area contributed by atoms with Gasteiger partial charge in [-0.1, -0.05) is 6.07 Å². The van der Waals surface area contributed by atoms with Crippen molar-refractivity contribution in [2.24, 2.45) is 0 Å². The van der Waals surface area contributed by atoms with Gasteiger partial charge in [-0.2, -0.15) is 0 Å². The summed E-state index contributed by atoms with van der Waals surface area (Å²) in [7, 11) is 0. The molecule has 0 unspecified atom stereocenters. The van der Waals surface area contributed by atoms with Crippen LogP contribution in [-0.4, -0.2) is 5.60 Å². The smallest absolute Gasteiger partial charge is 0.149 e. The summed E-state index contributed by atoms with van der Waals surface area (Å²) in [5.74, 6) is 0.112. The molecule has 0 spiro atoms. The lowest BCUT2D eigenvalue weighted by Gasteiger charge is -2.17. The molecule has 70 valence electrons. The number of rotatable bonds is 0. The molecule has 1 aromatic rings. The van der Waals surface area contributed by atoms with Crippen molar-refractivity contribution < 1.29 is 9.13 Å². The van der Waals surface area contributed by atoms with Gasteiger partial charge in [-0.05, 0) is 19.9 Å². The molecule has 2 nitrogen and oxygen atoms in total. The summed E-state index contributed by atoms with van der Waals surface area (Å²) in [4.78, 5) is 0. The molecule has 1 aliphatic heterocycles. The van der Waals surface area contributed by atoms with Crippen LogP contribution in [0.4, 0.5) is 10.1 Å². The average Bonchev–Trinajstić information content (AvgIpc) is 2.34. The highest BCUT2D eigenvalue weighted by molar-refractivity contribution is 5.60. The number of fused-ring (bicyclic) bond motifs is 1. The van der Waals surface area contributed by atoms with Crippen LogP contribution in [0.5, 0.6) is 5.75 Å². The van der Waals surface area contributed by atoms with Crippen LogP contribution >= 0.6 is 0 Å². The van der Waals surface area contributed by atoms with Gasteiger partial charge in [-0.15, -0.1) is 0 Å². The maximum absolute atomic E-state index is 13.0. The second-order valence-corrected chi connectivity index (χ2v) is 3.99. The highest BCUT2D eigenvalue weighted by Gasteiger charge is 2.32. The lowest BCUT2D eigenvalue weighted by molar-refractivity contribution is 0.139. The van der Waals surface area contributed by atoms with Crippen molar-refractivity contribution in [2.75, 3.05) is 5.73 Å². The molecule has 0 aliphatic carbocycles. The lowest BCUT2D eigenvalue weighted by atomic mass is 10.0. The van der Waals surface area contributed by atoms with E-state index in [1.54, 1.807) is 6.07 Å². The van der Waals surface area contributed by atoms with Crippen molar-refractivity contribution in [3.8, 4) is 5.75 Å². The van der Waals surface area contributed by atoms with Gasteiger partial charge in [0, 0.05) is 12.0 Å². The van der Waals surface area contributed by atoms with E-state index >= 15 is 0 Å². The topological polar surface area (TPSA) is 35.2 Å². The number of nitrogens with two attached hydrogens (primary N) is 1. The monoisotopic (exact) mass is 181 g/mol. The number of anilines is 1. The average molecular weight is 181 g/mol. The van der Waals surface area contributed by atoms with Gasteiger partial charge in [-0.25, -0.2) is 4.39 Å². The Labute approximate surface area is 76.5 Å². The molecule has 1 aromatic carbocycles. The first-order chi connectivity index (χ1) is 5.99. The molecule has 0 aromatic heterocycles. The summed E-state index contributed by atoms with van der Waals surface area (Å²) in [5.41, 5.74) is 6.41. The highest BCUT2D eigenvalue weighted by atomic mass is 19.1. The van der Waals surface area contributed by atoms with Crippen molar-refractivity contribution in [1.82, 2.24) is 0 Å². The van der Waals surface area contributed by atoms with Gasteiger partial charge in [0.2, 0.25) is 0 Å². The van der Waals surface area contributed by atoms with E-state index in [4.69, 9.17) is 10.5 Å². The molecular weight excluding hydrogens is 169 g/mol. The molecule has 0 saturated carbocycles. The van der Waals surface area contributed by atoms with Crippen LogP contribution in [0.3, 0.4) is 0 Å². The van der Waals surface area contributed by atoms with Crippen molar-refractivity contribution >= 4 is 5.69 Å². The lowest BCUT2D eigenvalue weighted by Crippen LogP contribution is -2.24. The Balaban J connectivity index is 2.53. The first-order valence-corrected chi connectivity index (χ1v) is 4.25. The number of nitrogen functional groups attached to an aromatic ring is 1. The maximum atomic E-state index is 13.0. The molecule has 1 aliphatic rings. The van der Waals surface area contributed by atoms with E-state index < -0.39 is 5.82 Å². The van der Waals surface area contributed by atoms with Crippen molar-refractivity contribution in [2.45, 2.75) is 25.9 Å². The number of hydrogen-bond donors (Lipinski definition) is 1. The van der Waals surface area contributed by atoms with Crippen LogP contribution in [0.2, 0.25) is 0 Å². The van der Waals surface area contributed by atoms with Crippen molar-refractivity contribution in [3.63, 3.8) is 0 Å². The molecule has 13 heavy (non-hydrogen) atoms. The predicted octanol–water partition coefficient (Wildman–Crippen LogP) is 2.12. The van der Waals surface area contributed by atoms with E-state index in [0.29, 0.717) is 5.75 Å². The minimum Gasteiger partial charge on any atom is -0.485 e. The molecule has 2 N–H and O–H groups in total. The van der Waals surface area contributed by atoms with Crippen LogP contribution < -0.4 is 10.5 Å². The van der Waals surface area contributed by atoms with Crippen LogP contribution in [0.25, 0.3) is 0 Å². The van der Waals surface area contributed by atoms with E-state index in [2.05, 4.69) is 0 Å². The molecule has 1 heterocycles. The van der Waals surface area contributed by atoms with Gasteiger partial charge in [-0.3, -0.25) is 0 Å². The summed E-state index contributed by atoms with van der Waals surface area (Å²) in [6.07, 6.45) is 0.785. The second-order valence-electron chi connectivity index (χ2n) is 3.99. The third-order valence-electron chi connectivity index (χ3n) is 2.22. The first kappa shape index (κ1) is 8.35. The molecule has 0 amide bonds. The normalized spacial score (nSPS) is 18.1. The number of benzene rings is 1.